The summed E-state index contributed by atoms with van der Waals surface area (Å²) in [5.74, 6) is 1.41. The van der Waals surface area contributed by atoms with Crippen molar-refractivity contribution in [2.75, 3.05) is 35.5 Å². The lowest BCUT2D eigenvalue weighted by atomic mass is 9.90. The highest BCUT2D eigenvalue weighted by Crippen LogP contribution is 2.48. The first-order valence-electron chi connectivity index (χ1n) is 20.6. The highest BCUT2D eigenvalue weighted by Gasteiger charge is 2.43. The molecule has 0 saturated heterocycles. The number of fused-ring (bicyclic) bond motifs is 6. The summed E-state index contributed by atoms with van der Waals surface area (Å²) in [6, 6.07) is 5.95. The Balaban J connectivity index is 1.13. The predicted octanol–water partition coefficient (Wildman–Crippen LogP) is 1.97. The van der Waals surface area contributed by atoms with E-state index in [2.05, 4.69) is 41.8 Å². The summed E-state index contributed by atoms with van der Waals surface area (Å²) in [6.45, 7) is -0.817. The maximum atomic E-state index is 14.7. The van der Waals surface area contributed by atoms with Crippen molar-refractivity contribution in [1.29, 1.82) is 0 Å². The van der Waals surface area contributed by atoms with Crippen LogP contribution in [-0.4, -0.2) is 87.6 Å². The van der Waals surface area contributed by atoms with Crippen LogP contribution >= 0.6 is 31.9 Å². The van der Waals surface area contributed by atoms with Crippen LogP contribution in [0.25, 0.3) is 22.1 Å². The minimum Gasteiger partial charge on any atom is -0.503 e. The van der Waals surface area contributed by atoms with E-state index in [0.29, 0.717) is 60.7 Å². The van der Waals surface area contributed by atoms with Crippen molar-refractivity contribution < 1.29 is 28.8 Å². The molecule has 67 heavy (non-hydrogen) atoms. The Bertz CT molecular complexity index is 3650. The molecule has 0 aliphatic carbocycles. The lowest BCUT2D eigenvalue weighted by Gasteiger charge is -2.38. The second-order valence-electron chi connectivity index (χ2n) is 15.8. The number of aryl methyl sites for hydroxylation is 4. The number of ether oxygens (including phenoxy) is 5. The normalized spacial score (nSPS) is 15.3. The standard InChI is InChI=1S/C43H42Br2N10O12/c1-48-26-17-31(65-5)29(63-3)15-24(26)46-22(38(48)57)9-11-50-40(59)52-13-8-20-28(54(52)42(50)61)19-53-41(60)51(43(62)55(53)36(20)21-14-33(67-7)37(56)35(45)34(21)44)12-10-23-39(58)49(2)27-18-32(66-6)30(64-4)16-25(27)47-23/h8,14-18,28,36,56H,9-13,19H2,1-7H3. The van der Waals surface area contributed by atoms with E-state index in [4.69, 9.17) is 23.7 Å². The molecule has 0 amide bonds. The third-order valence-electron chi connectivity index (χ3n) is 12.5. The molecule has 350 valence electrons. The molecule has 6 heterocycles. The van der Waals surface area contributed by atoms with E-state index in [9.17, 15) is 33.9 Å². The highest BCUT2D eigenvalue weighted by atomic mass is 79.9. The molecule has 24 heteroatoms. The molecule has 9 rings (SSSR count). The van der Waals surface area contributed by atoms with Crippen LogP contribution in [0, 0.1) is 0 Å². The van der Waals surface area contributed by atoms with Crippen molar-refractivity contribution in [3.63, 3.8) is 0 Å². The van der Waals surface area contributed by atoms with E-state index < -0.39 is 46.0 Å². The quantitative estimate of drug-likeness (QED) is 0.173. The molecule has 2 atom stereocenters. The minimum absolute atomic E-state index is 0.0451. The van der Waals surface area contributed by atoms with Gasteiger partial charge < -0.3 is 37.9 Å². The number of hydrogen-bond donors (Lipinski definition) is 1. The summed E-state index contributed by atoms with van der Waals surface area (Å²) in [4.78, 5) is 94.3. The van der Waals surface area contributed by atoms with E-state index in [0.717, 1.165) is 9.13 Å². The first kappa shape index (κ1) is 45.1. The van der Waals surface area contributed by atoms with Gasteiger partial charge in [0.25, 0.3) is 11.1 Å². The fourth-order valence-electron chi connectivity index (χ4n) is 9.06. The topological polar surface area (TPSA) is 234 Å². The third kappa shape index (κ3) is 6.93. The molecular formula is C43H42Br2N10O12. The first-order valence-corrected chi connectivity index (χ1v) is 22.2. The van der Waals surface area contributed by atoms with Gasteiger partial charge in [0.05, 0.1) is 81.2 Å². The van der Waals surface area contributed by atoms with Crippen LogP contribution in [-0.2, 0) is 53.1 Å². The molecule has 1 N–H and O–H groups in total. The number of phenolic OH excluding ortho intramolecular Hbond substituents is 1. The highest BCUT2D eigenvalue weighted by molar-refractivity contribution is 9.13. The predicted molar refractivity (Wildman–Crippen MR) is 249 cm³/mol. The number of allylic oxidation sites excluding steroid dienone is 2. The summed E-state index contributed by atoms with van der Waals surface area (Å²) in [7, 11) is 10.4. The largest absolute Gasteiger partial charge is 0.503 e. The van der Waals surface area contributed by atoms with E-state index in [-0.39, 0.29) is 66.4 Å². The monoisotopic (exact) mass is 1050 g/mol. The smallest absolute Gasteiger partial charge is 0.348 e. The van der Waals surface area contributed by atoms with Gasteiger partial charge in [0.15, 0.2) is 34.5 Å². The second-order valence-corrected chi connectivity index (χ2v) is 17.4. The molecule has 2 aliphatic rings. The van der Waals surface area contributed by atoms with Gasteiger partial charge in [-0.25, -0.2) is 57.0 Å². The van der Waals surface area contributed by atoms with Gasteiger partial charge in [-0.1, -0.05) is 6.08 Å². The number of aromatic hydroxyl groups is 1. The summed E-state index contributed by atoms with van der Waals surface area (Å²) in [5.41, 5.74) is -0.896. The molecule has 0 saturated carbocycles. The van der Waals surface area contributed by atoms with E-state index in [1.54, 1.807) is 44.4 Å². The van der Waals surface area contributed by atoms with Crippen LogP contribution in [0.15, 0.2) is 79.7 Å². The Hall–Kier alpha value is -7.08. The average Bonchev–Trinajstić information content (AvgIpc) is 3.72. The number of halogens is 2. The summed E-state index contributed by atoms with van der Waals surface area (Å²) < 4.78 is 37.5. The number of benzene rings is 3. The van der Waals surface area contributed by atoms with Crippen LogP contribution in [0.1, 0.15) is 29.0 Å². The van der Waals surface area contributed by atoms with Crippen LogP contribution in [0.3, 0.4) is 0 Å². The zero-order valence-electron chi connectivity index (χ0n) is 37.0. The molecule has 2 unspecified atom stereocenters. The summed E-state index contributed by atoms with van der Waals surface area (Å²) in [5, 5.41) is 10.9. The van der Waals surface area contributed by atoms with Crippen LogP contribution in [0.5, 0.6) is 34.5 Å². The fraction of sp³-hybridized carbons (Fsp3) is 0.349. The number of aromatic nitrogens is 10. The fourth-order valence-corrected chi connectivity index (χ4v) is 10.0. The van der Waals surface area contributed by atoms with Crippen molar-refractivity contribution in [1.82, 2.24) is 47.0 Å². The Kier molecular flexibility index (Phi) is 11.4. The molecule has 22 nitrogen and oxygen atoms in total. The van der Waals surface area contributed by atoms with Crippen molar-refractivity contribution in [3.8, 4) is 34.5 Å². The van der Waals surface area contributed by atoms with Gasteiger partial charge in [-0.05, 0) is 43.5 Å². The average molecular weight is 1050 g/mol. The van der Waals surface area contributed by atoms with Gasteiger partial charge in [-0.3, -0.25) is 9.59 Å². The SMILES string of the molecule is COc1cc2nc(CCn3c(=O)n4n(c3=O)C3Cn5c(=O)n(CCc6nc7cc(OC)c(OC)cc7n(C)c6=O)c(=O)n5C(c5cc(OC)c(O)c(Br)c5Br)C3=CC4)c(=O)n(C)c2cc1OC. The maximum absolute atomic E-state index is 14.7. The van der Waals surface area contributed by atoms with E-state index in [1.165, 1.54) is 69.5 Å². The Morgan fingerprint density at radius 3 is 1.57 bits per heavy atom. The molecule has 0 bridgehead atoms. The van der Waals surface area contributed by atoms with Crippen molar-refractivity contribution >= 4 is 53.9 Å². The van der Waals surface area contributed by atoms with Gasteiger partial charge in [0, 0.05) is 74.3 Å². The molecule has 4 aromatic heterocycles. The van der Waals surface area contributed by atoms with Crippen LogP contribution < -0.4 is 57.6 Å². The molecule has 0 radical (unpaired) electrons. The number of nitrogens with zero attached hydrogens (tertiary/aromatic N) is 10. The molecule has 3 aromatic carbocycles. The van der Waals surface area contributed by atoms with Gasteiger partial charge in [0.1, 0.15) is 17.4 Å². The number of methoxy groups -OCH3 is 5. The number of phenols is 1. The maximum Gasteiger partial charge on any atom is 0.348 e. The van der Waals surface area contributed by atoms with E-state index in [1.807, 2.05) is 0 Å². The Morgan fingerprint density at radius 1 is 0.612 bits per heavy atom. The lowest BCUT2D eigenvalue weighted by molar-refractivity contribution is 0.245. The Labute approximate surface area is 393 Å². The molecule has 7 aromatic rings. The van der Waals surface area contributed by atoms with Crippen molar-refractivity contribution in [2.24, 2.45) is 14.1 Å². The van der Waals surface area contributed by atoms with Gasteiger partial charge in [-0.15, -0.1) is 0 Å². The summed E-state index contributed by atoms with van der Waals surface area (Å²) >= 11 is 6.99. The van der Waals surface area contributed by atoms with Gasteiger partial charge in [0.2, 0.25) is 0 Å². The Morgan fingerprint density at radius 2 is 1.07 bits per heavy atom. The molecule has 2 aliphatic heterocycles. The number of rotatable bonds is 12. The lowest BCUT2D eigenvalue weighted by Crippen LogP contribution is -2.47. The van der Waals surface area contributed by atoms with Crippen molar-refractivity contribution in [2.45, 2.75) is 51.1 Å². The van der Waals surface area contributed by atoms with Gasteiger partial charge >= 0.3 is 22.8 Å². The van der Waals surface area contributed by atoms with Crippen LogP contribution in [0.4, 0.5) is 0 Å². The third-order valence-corrected chi connectivity index (χ3v) is 14.7. The molecule has 0 fully saturated rings. The van der Waals surface area contributed by atoms with Crippen LogP contribution in [0.2, 0.25) is 0 Å². The zero-order valence-corrected chi connectivity index (χ0v) is 40.2. The summed E-state index contributed by atoms with van der Waals surface area (Å²) in [6.07, 6.45) is 1.52. The first-order chi connectivity index (χ1) is 32.1. The van der Waals surface area contributed by atoms with E-state index >= 15 is 0 Å². The van der Waals surface area contributed by atoms with Crippen molar-refractivity contribution in [3.05, 3.63) is 131 Å². The number of hydrogen-bond acceptors (Lipinski definition) is 14. The minimum atomic E-state index is -1.10. The molecule has 0 spiro atoms. The second kappa shape index (κ2) is 17.0. The molecular weight excluding hydrogens is 1010 g/mol. The van der Waals surface area contributed by atoms with Gasteiger partial charge in [-0.2, -0.15) is 0 Å². The zero-order chi connectivity index (χ0) is 47.9.